The Bertz CT molecular complexity index is 303. The van der Waals surface area contributed by atoms with Gasteiger partial charge in [0.2, 0.25) is 0 Å². The molecule has 0 bridgehead atoms. The molecule has 2 aliphatic rings. The van der Waals surface area contributed by atoms with E-state index in [1.165, 1.54) is 38.5 Å². The zero-order valence-corrected chi connectivity index (χ0v) is 16.0. The molecule has 2 saturated carbocycles. The monoisotopic (exact) mass is 306 g/mol. The van der Waals surface area contributed by atoms with Crippen LogP contribution in [0.5, 0.6) is 0 Å². The molecule has 0 N–H and O–H groups in total. The lowest BCUT2D eigenvalue weighted by Crippen LogP contribution is -2.52. The van der Waals surface area contributed by atoms with Gasteiger partial charge in [-0.3, -0.25) is 4.90 Å². The molecule has 0 spiro atoms. The first-order chi connectivity index (χ1) is 10.3. The van der Waals surface area contributed by atoms with Crippen molar-refractivity contribution in [1.82, 2.24) is 4.90 Å². The van der Waals surface area contributed by atoms with Gasteiger partial charge >= 0.3 is 0 Å². The van der Waals surface area contributed by atoms with Crippen LogP contribution in [0.2, 0.25) is 0 Å². The maximum Gasteiger partial charge on any atom is 0.0132 e. The van der Waals surface area contributed by atoms with E-state index in [1.54, 1.807) is 0 Å². The molecule has 0 aromatic carbocycles. The summed E-state index contributed by atoms with van der Waals surface area (Å²) >= 11 is 0. The van der Waals surface area contributed by atoms with Gasteiger partial charge in [-0.1, -0.05) is 54.4 Å². The normalized spacial score (nSPS) is 40.6. The van der Waals surface area contributed by atoms with Gasteiger partial charge in [0.15, 0.2) is 0 Å². The summed E-state index contributed by atoms with van der Waals surface area (Å²) < 4.78 is 0. The van der Waals surface area contributed by atoms with Gasteiger partial charge in [0.05, 0.1) is 0 Å². The molecule has 1 heteroatoms. The maximum absolute atomic E-state index is 4.65. The minimum absolute atomic E-state index is 0.709. The summed E-state index contributed by atoms with van der Waals surface area (Å²) in [5, 5.41) is 0. The number of hydrogen-bond acceptors (Lipinski definition) is 1. The van der Waals surface area contributed by atoms with E-state index in [4.69, 9.17) is 0 Å². The van der Waals surface area contributed by atoms with Crippen LogP contribution in [0.3, 0.4) is 0 Å². The lowest BCUT2D eigenvalue weighted by molar-refractivity contribution is 0.00743. The number of rotatable bonds is 4. The zero-order chi connectivity index (χ0) is 16.4. The highest BCUT2D eigenvalue weighted by atomic mass is 15.2. The summed E-state index contributed by atoms with van der Waals surface area (Å²) in [6.45, 7) is 14.6. The Morgan fingerprint density at radius 3 is 1.41 bits per heavy atom. The van der Waals surface area contributed by atoms with Crippen LogP contribution < -0.4 is 0 Å². The molecule has 6 atom stereocenters. The van der Waals surface area contributed by atoms with Crippen LogP contribution in [0.15, 0.2) is 0 Å². The second-order valence-corrected chi connectivity index (χ2v) is 9.30. The Balaban J connectivity index is 2.16. The van der Waals surface area contributed by atoms with Crippen molar-refractivity contribution in [3.8, 4) is 0 Å². The highest BCUT2D eigenvalue weighted by molar-refractivity contribution is 4.94. The standard InChI is InChI=1S/C21H40N/c1-14(2)18-10-8-16(5)12-20(18)22(7)21-13-17(6)9-11-19(21)15(3)4/h14-21H,7-13H2,1-6H3. The van der Waals surface area contributed by atoms with Crippen molar-refractivity contribution in [2.45, 2.75) is 92.2 Å². The molecule has 2 rings (SSSR count). The largest absolute Gasteiger partial charge is 0.296 e. The average Bonchev–Trinajstić information content (AvgIpc) is 2.45. The van der Waals surface area contributed by atoms with Crippen molar-refractivity contribution < 1.29 is 0 Å². The molecule has 0 amide bonds. The second-order valence-electron chi connectivity index (χ2n) is 9.30. The quantitative estimate of drug-likeness (QED) is 0.615. The lowest BCUT2D eigenvalue weighted by Gasteiger charge is -2.50. The van der Waals surface area contributed by atoms with Gasteiger partial charge in [0.25, 0.3) is 0 Å². The molecule has 22 heavy (non-hydrogen) atoms. The molecule has 6 unspecified atom stereocenters. The molecule has 0 aromatic heterocycles. The Hall–Kier alpha value is -0.0400. The van der Waals surface area contributed by atoms with E-state index in [0.717, 1.165) is 35.5 Å². The van der Waals surface area contributed by atoms with Crippen LogP contribution >= 0.6 is 0 Å². The van der Waals surface area contributed by atoms with Gasteiger partial charge in [-0.2, -0.15) is 0 Å². The smallest absolute Gasteiger partial charge is 0.0132 e. The first-order valence-electron chi connectivity index (χ1n) is 9.90. The summed E-state index contributed by atoms with van der Waals surface area (Å²) in [4.78, 5) is 2.61. The summed E-state index contributed by atoms with van der Waals surface area (Å²) in [5.74, 6) is 5.03. The van der Waals surface area contributed by atoms with Crippen LogP contribution in [0.25, 0.3) is 0 Å². The van der Waals surface area contributed by atoms with Crippen molar-refractivity contribution >= 4 is 0 Å². The molecular formula is C21H40N. The number of hydrogen-bond donors (Lipinski definition) is 0. The van der Waals surface area contributed by atoms with Crippen LogP contribution in [-0.2, 0) is 0 Å². The third kappa shape index (κ3) is 4.08. The molecule has 1 radical (unpaired) electrons. The van der Waals surface area contributed by atoms with Crippen molar-refractivity contribution in [2.24, 2.45) is 35.5 Å². The van der Waals surface area contributed by atoms with Crippen molar-refractivity contribution in [1.29, 1.82) is 0 Å². The summed E-state index contributed by atoms with van der Waals surface area (Å²) in [7, 11) is 4.65. The molecule has 0 aromatic rings. The molecular weight excluding hydrogens is 266 g/mol. The fourth-order valence-corrected chi connectivity index (χ4v) is 5.31. The van der Waals surface area contributed by atoms with Gasteiger partial charge in [-0.25, -0.2) is 0 Å². The molecule has 0 aliphatic heterocycles. The third-order valence-electron chi connectivity index (χ3n) is 6.83. The van der Waals surface area contributed by atoms with Gasteiger partial charge in [0, 0.05) is 19.1 Å². The minimum atomic E-state index is 0.709. The molecule has 129 valence electrons. The zero-order valence-electron chi connectivity index (χ0n) is 16.0. The van der Waals surface area contributed by atoms with E-state index in [2.05, 4.69) is 53.5 Å². The van der Waals surface area contributed by atoms with Crippen molar-refractivity contribution in [2.75, 3.05) is 0 Å². The summed E-state index contributed by atoms with van der Waals surface area (Å²) in [6.07, 6.45) is 8.38. The second kappa shape index (κ2) is 7.69. The minimum Gasteiger partial charge on any atom is -0.296 e. The van der Waals surface area contributed by atoms with Gasteiger partial charge in [-0.05, 0) is 61.2 Å². The first kappa shape index (κ1) is 18.3. The summed E-state index contributed by atoms with van der Waals surface area (Å²) in [5.41, 5.74) is 0. The highest BCUT2D eigenvalue weighted by Gasteiger charge is 2.40. The van der Waals surface area contributed by atoms with E-state index in [1.807, 2.05) is 0 Å². The van der Waals surface area contributed by atoms with E-state index in [-0.39, 0.29) is 0 Å². The Morgan fingerprint density at radius 1 is 0.727 bits per heavy atom. The lowest BCUT2D eigenvalue weighted by atomic mass is 9.69. The predicted octanol–water partition coefficient (Wildman–Crippen LogP) is 6.00. The maximum atomic E-state index is 4.65. The van der Waals surface area contributed by atoms with E-state index in [0.29, 0.717) is 12.1 Å². The van der Waals surface area contributed by atoms with Crippen LogP contribution in [-0.4, -0.2) is 17.0 Å². The van der Waals surface area contributed by atoms with Gasteiger partial charge < -0.3 is 0 Å². The first-order valence-corrected chi connectivity index (χ1v) is 9.90. The SMILES string of the molecule is [CH2]N(C1CC(C)CCC1C(C)C)C1CC(C)CCC1C(C)C. The van der Waals surface area contributed by atoms with Crippen LogP contribution in [0.1, 0.15) is 80.1 Å². The van der Waals surface area contributed by atoms with Crippen LogP contribution in [0.4, 0.5) is 0 Å². The topological polar surface area (TPSA) is 3.24 Å². The third-order valence-corrected chi connectivity index (χ3v) is 6.83. The van der Waals surface area contributed by atoms with E-state index < -0.39 is 0 Å². The fourth-order valence-electron chi connectivity index (χ4n) is 5.31. The van der Waals surface area contributed by atoms with Crippen LogP contribution in [0, 0.1) is 42.6 Å². The van der Waals surface area contributed by atoms with Crippen molar-refractivity contribution in [3.63, 3.8) is 0 Å². The molecule has 0 saturated heterocycles. The van der Waals surface area contributed by atoms with Gasteiger partial charge in [0.1, 0.15) is 0 Å². The molecule has 2 fully saturated rings. The highest BCUT2D eigenvalue weighted by Crippen LogP contribution is 2.42. The summed E-state index contributed by atoms with van der Waals surface area (Å²) in [6, 6.07) is 1.42. The van der Waals surface area contributed by atoms with E-state index in [9.17, 15) is 0 Å². The van der Waals surface area contributed by atoms with Crippen molar-refractivity contribution in [3.05, 3.63) is 7.05 Å². The van der Waals surface area contributed by atoms with E-state index >= 15 is 0 Å². The average molecular weight is 307 g/mol. The Morgan fingerprint density at radius 2 is 1.09 bits per heavy atom. The molecule has 1 nitrogen and oxygen atoms in total. The molecule has 2 aliphatic carbocycles. The fraction of sp³-hybridized carbons (Fsp3) is 0.952. The molecule has 0 heterocycles. The Kier molecular flexibility index (Phi) is 6.39. The van der Waals surface area contributed by atoms with Gasteiger partial charge in [-0.15, -0.1) is 0 Å². The number of nitrogens with zero attached hydrogens (tertiary/aromatic N) is 1. The Labute approximate surface area is 140 Å². The predicted molar refractivity (Wildman–Crippen MR) is 97.5 cm³/mol.